The van der Waals surface area contributed by atoms with Gasteiger partial charge in [0.05, 0.1) is 19.6 Å². The van der Waals surface area contributed by atoms with E-state index in [9.17, 15) is 14.3 Å². The number of ether oxygens (including phenoxy) is 1. The Morgan fingerprint density at radius 2 is 2.05 bits per heavy atom. The maximum Gasteiger partial charge on any atom is 0.306 e. The number of aliphatic hydroxyl groups is 1. The Morgan fingerprint density at radius 3 is 2.58 bits per heavy atom. The average molecular weight is 269 g/mol. The second-order valence-corrected chi connectivity index (χ2v) is 4.29. The summed E-state index contributed by atoms with van der Waals surface area (Å²) in [5, 5.41) is 10.1. The first-order valence-electron chi connectivity index (χ1n) is 6.29. The van der Waals surface area contributed by atoms with E-state index in [2.05, 4.69) is 4.74 Å². The van der Waals surface area contributed by atoms with E-state index >= 15 is 0 Å². The number of rotatable bonds is 7. The number of aliphatic hydroxyl groups excluding tert-OH is 1. The van der Waals surface area contributed by atoms with Crippen molar-refractivity contribution in [2.24, 2.45) is 0 Å². The van der Waals surface area contributed by atoms with Gasteiger partial charge >= 0.3 is 5.97 Å². The highest BCUT2D eigenvalue weighted by Gasteiger charge is 2.13. The summed E-state index contributed by atoms with van der Waals surface area (Å²) in [4.78, 5) is 13.0. The lowest BCUT2D eigenvalue weighted by Crippen LogP contribution is -2.31. The molecule has 1 N–H and O–H groups in total. The molecule has 1 aromatic rings. The Labute approximate surface area is 112 Å². The highest BCUT2D eigenvalue weighted by molar-refractivity contribution is 5.69. The van der Waals surface area contributed by atoms with E-state index in [1.807, 2.05) is 11.8 Å². The number of esters is 1. The minimum atomic E-state index is -0.696. The third-order valence-electron chi connectivity index (χ3n) is 2.99. The molecule has 19 heavy (non-hydrogen) atoms. The number of likely N-dealkylation sites (N-methyl/N-ethyl adjacent to an activating group) is 1. The molecule has 0 aromatic heterocycles. The van der Waals surface area contributed by atoms with E-state index in [4.69, 9.17) is 0 Å². The fourth-order valence-corrected chi connectivity index (χ4v) is 1.76. The fraction of sp³-hybridized carbons (Fsp3) is 0.500. The van der Waals surface area contributed by atoms with Crippen LogP contribution in [0.4, 0.5) is 4.39 Å². The predicted molar refractivity (Wildman–Crippen MR) is 70.1 cm³/mol. The molecule has 0 saturated heterocycles. The Morgan fingerprint density at radius 1 is 1.42 bits per heavy atom. The normalized spacial score (nSPS) is 12.5. The van der Waals surface area contributed by atoms with Crippen LogP contribution in [0, 0.1) is 5.82 Å². The lowest BCUT2D eigenvalue weighted by molar-refractivity contribution is -0.141. The van der Waals surface area contributed by atoms with Gasteiger partial charge in [0.25, 0.3) is 0 Å². The molecule has 0 aliphatic rings. The Kier molecular flexibility index (Phi) is 6.45. The van der Waals surface area contributed by atoms with E-state index in [1.54, 1.807) is 12.1 Å². The first-order valence-corrected chi connectivity index (χ1v) is 6.29. The molecule has 0 saturated carbocycles. The molecule has 1 atom stereocenters. The second kappa shape index (κ2) is 7.86. The number of benzene rings is 1. The third-order valence-corrected chi connectivity index (χ3v) is 2.99. The summed E-state index contributed by atoms with van der Waals surface area (Å²) >= 11 is 0. The molecule has 0 spiro atoms. The molecule has 0 aliphatic heterocycles. The van der Waals surface area contributed by atoms with Crippen molar-refractivity contribution in [3.05, 3.63) is 35.6 Å². The zero-order valence-electron chi connectivity index (χ0n) is 11.3. The van der Waals surface area contributed by atoms with Crippen molar-refractivity contribution in [2.75, 3.05) is 26.7 Å². The van der Waals surface area contributed by atoms with Gasteiger partial charge in [0.2, 0.25) is 0 Å². The number of hydrogen-bond donors (Lipinski definition) is 1. The maximum atomic E-state index is 12.8. The minimum absolute atomic E-state index is 0.269. The van der Waals surface area contributed by atoms with E-state index in [1.165, 1.54) is 19.2 Å². The molecule has 1 rings (SSSR count). The van der Waals surface area contributed by atoms with Crippen molar-refractivity contribution >= 4 is 5.97 Å². The maximum absolute atomic E-state index is 12.8. The number of carbonyl (C=O) groups excluding carboxylic acids is 1. The van der Waals surface area contributed by atoms with Crippen LogP contribution in [-0.4, -0.2) is 42.7 Å². The predicted octanol–water partition coefficient (Wildman–Crippen LogP) is 1.74. The molecule has 0 bridgehead atoms. The highest BCUT2D eigenvalue weighted by Crippen LogP contribution is 2.15. The van der Waals surface area contributed by atoms with Crippen LogP contribution in [0.2, 0.25) is 0 Å². The molecule has 1 aromatic carbocycles. The lowest BCUT2D eigenvalue weighted by atomic mass is 10.1. The van der Waals surface area contributed by atoms with Gasteiger partial charge < -0.3 is 14.7 Å². The zero-order chi connectivity index (χ0) is 14.3. The van der Waals surface area contributed by atoms with Crippen molar-refractivity contribution in [3.63, 3.8) is 0 Å². The van der Waals surface area contributed by atoms with E-state index in [-0.39, 0.29) is 11.8 Å². The summed E-state index contributed by atoms with van der Waals surface area (Å²) in [6.07, 6.45) is -0.404. The van der Waals surface area contributed by atoms with E-state index in [0.29, 0.717) is 25.1 Å². The lowest BCUT2D eigenvalue weighted by Gasteiger charge is -2.23. The molecule has 0 heterocycles. The molecule has 1 unspecified atom stereocenters. The Hall–Kier alpha value is -1.46. The van der Waals surface area contributed by atoms with Crippen molar-refractivity contribution in [3.8, 4) is 0 Å². The van der Waals surface area contributed by atoms with Crippen molar-refractivity contribution < 1.29 is 19.0 Å². The summed E-state index contributed by atoms with van der Waals surface area (Å²) in [6.45, 7) is 3.60. The quantitative estimate of drug-likeness (QED) is 0.766. The monoisotopic (exact) mass is 269 g/mol. The number of nitrogens with zero attached hydrogens (tertiary/aromatic N) is 1. The Balaban J connectivity index is 2.50. The topological polar surface area (TPSA) is 49.8 Å². The summed E-state index contributed by atoms with van der Waals surface area (Å²) in [5.74, 6) is -0.594. The van der Waals surface area contributed by atoms with Gasteiger partial charge in [0.15, 0.2) is 0 Å². The largest absolute Gasteiger partial charge is 0.469 e. The summed E-state index contributed by atoms with van der Waals surface area (Å²) < 4.78 is 17.4. The van der Waals surface area contributed by atoms with Gasteiger partial charge in [-0.2, -0.15) is 0 Å². The fourth-order valence-electron chi connectivity index (χ4n) is 1.76. The van der Waals surface area contributed by atoms with Gasteiger partial charge in [-0.25, -0.2) is 4.39 Å². The number of methoxy groups -OCH3 is 1. The summed E-state index contributed by atoms with van der Waals surface area (Å²) in [5.41, 5.74) is 0.665. The van der Waals surface area contributed by atoms with Crippen molar-refractivity contribution in [1.82, 2.24) is 4.90 Å². The smallest absolute Gasteiger partial charge is 0.306 e. The molecule has 0 fully saturated rings. The summed E-state index contributed by atoms with van der Waals surface area (Å²) in [6, 6.07) is 5.77. The number of halogens is 1. The molecule has 0 amide bonds. The zero-order valence-corrected chi connectivity index (χ0v) is 11.3. The standard InChI is InChI=1S/C14H20FNO3/c1-3-16(9-8-14(18)19-2)10-13(17)11-4-6-12(15)7-5-11/h4-7,13,17H,3,8-10H2,1-2H3. The molecule has 5 heteroatoms. The Bertz CT molecular complexity index is 394. The highest BCUT2D eigenvalue weighted by atomic mass is 19.1. The molecular weight excluding hydrogens is 249 g/mol. The van der Waals surface area contributed by atoms with Gasteiger partial charge in [-0.15, -0.1) is 0 Å². The van der Waals surface area contributed by atoms with Crippen LogP contribution in [0.1, 0.15) is 25.0 Å². The minimum Gasteiger partial charge on any atom is -0.469 e. The molecule has 4 nitrogen and oxygen atoms in total. The SMILES string of the molecule is CCN(CCC(=O)OC)CC(O)c1ccc(F)cc1. The van der Waals surface area contributed by atoms with Crippen LogP contribution >= 0.6 is 0 Å². The second-order valence-electron chi connectivity index (χ2n) is 4.29. The van der Waals surface area contributed by atoms with Crippen LogP contribution in [0.5, 0.6) is 0 Å². The van der Waals surface area contributed by atoms with Crippen molar-refractivity contribution in [2.45, 2.75) is 19.4 Å². The van der Waals surface area contributed by atoms with E-state index in [0.717, 1.165) is 6.54 Å². The van der Waals surface area contributed by atoms with Gasteiger partial charge in [-0.05, 0) is 24.2 Å². The van der Waals surface area contributed by atoms with Crippen LogP contribution in [0.25, 0.3) is 0 Å². The van der Waals surface area contributed by atoms with Gasteiger partial charge in [0.1, 0.15) is 5.82 Å². The molecule has 106 valence electrons. The van der Waals surface area contributed by atoms with Gasteiger partial charge in [-0.1, -0.05) is 19.1 Å². The first-order chi connectivity index (χ1) is 9.06. The molecule has 0 radical (unpaired) electrons. The average Bonchev–Trinajstić information content (AvgIpc) is 2.43. The number of carbonyl (C=O) groups is 1. The van der Waals surface area contributed by atoms with Crippen LogP contribution in [0.3, 0.4) is 0 Å². The van der Waals surface area contributed by atoms with Gasteiger partial charge in [-0.3, -0.25) is 4.79 Å². The van der Waals surface area contributed by atoms with Crippen LogP contribution in [-0.2, 0) is 9.53 Å². The third kappa shape index (κ3) is 5.36. The first kappa shape index (κ1) is 15.6. The van der Waals surface area contributed by atoms with Gasteiger partial charge in [0, 0.05) is 13.1 Å². The number of hydrogen-bond acceptors (Lipinski definition) is 4. The van der Waals surface area contributed by atoms with Crippen molar-refractivity contribution in [1.29, 1.82) is 0 Å². The van der Waals surface area contributed by atoms with Crippen LogP contribution < -0.4 is 0 Å². The molecule has 0 aliphatic carbocycles. The summed E-state index contributed by atoms with van der Waals surface area (Å²) in [7, 11) is 1.35. The molecular formula is C14H20FNO3. The van der Waals surface area contributed by atoms with Crippen LogP contribution in [0.15, 0.2) is 24.3 Å². The van der Waals surface area contributed by atoms with E-state index < -0.39 is 6.10 Å².